The van der Waals surface area contributed by atoms with Gasteiger partial charge in [-0.15, -0.1) is 0 Å². The Bertz CT molecular complexity index is 1580. The first-order valence-electron chi connectivity index (χ1n) is 14.1. The minimum atomic E-state index is -0.309. The SMILES string of the molecule is C=CC(=O)Nc1cc(N2CCN(CC)CC2)ccc1Cc1ccc2c(n1)C=C(C(=O)c1c(Cl)c(OC)cc(OC)c1Cl)C2. The van der Waals surface area contributed by atoms with E-state index in [0.29, 0.717) is 35.6 Å². The average Bonchev–Trinajstić information content (AvgIpc) is 3.45. The van der Waals surface area contributed by atoms with E-state index in [1.165, 1.54) is 20.3 Å². The van der Waals surface area contributed by atoms with Gasteiger partial charge in [-0.3, -0.25) is 14.6 Å². The molecule has 1 saturated heterocycles. The highest BCUT2D eigenvalue weighted by atomic mass is 35.5. The van der Waals surface area contributed by atoms with E-state index in [9.17, 15) is 9.59 Å². The number of anilines is 2. The van der Waals surface area contributed by atoms with Crippen LogP contribution in [0.3, 0.4) is 0 Å². The number of likely N-dealkylation sites (N-methyl/N-ethyl adjacent to an activating group) is 1. The van der Waals surface area contributed by atoms with Crippen molar-refractivity contribution >= 4 is 52.3 Å². The predicted octanol–water partition coefficient (Wildman–Crippen LogP) is 6.09. The summed E-state index contributed by atoms with van der Waals surface area (Å²) in [6.45, 7) is 10.7. The Morgan fingerprint density at radius 2 is 1.72 bits per heavy atom. The summed E-state index contributed by atoms with van der Waals surface area (Å²) in [7, 11) is 2.93. The van der Waals surface area contributed by atoms with Gasteiger partial charge in [0.1, 0.15) is 11.5 Å². The molecule has 1 aromatic heterocycles. The molecular formula is C33H34Cl2N4O4. The first-order valence-corrected chi connectivity index (χ1v) is 14.9. The van der Waals surface area contributed by atoms with E-state index in [1.807, 2.05) is 24.3 Å². The fourth-order valence-electron chi connectivity index (χ4n) is 5.46. The minimum Gasteiger partial charge on any atom is -0.495 e. The molecular weight excluding hydrogens is 587 g/mol. The number of nitrogens with zero attached hydrogens (tertiary/aromatic N) is 3. The number of allylic oxidation sites excluding steroid dienone is 1. The van der Waals surface area contributed by atoms with Gasteiger partial charge in [0.15, 0.2) is 5.78 Å². The van der Waals surface area contributed by atoms with Crippen molar-refractivity contribution in [3.63, 3.8) is 0 Å². The molecule has 1 fully saturated rings. The summed E-state index contributed by atoms with van der Waals surface area (Å²) in [5.41, 5.74) is 5.83. The van der Waals surface area contributed by atoms with Gasteiger partial charge < -0.3 is 24.6 Å². The predicted molar refractivity (Wildman–Crippen MR) is 172 cm³/mol. The van der Waals surface area contributed by atoms with Crippen molar-refractivity contribution in [2.24, 2.45) is 0 Å². The van der Waals surface area contributed by atoms with E-state index in [2.05, 4.69) is 34.7 Å². The van der Waals surface area contributed by atoms with Crippen LogP contribution in [0.4, 0.5) is 11.4 Å². The maximum atomic E-state index is 13.6. The van der Waals surface area contributed by atoms with Crippen molar-refractivity contribution in [1.29, 1.82) is 0 Å². The molecule has 1 N–H and O–H groups in total. The number of hydrogen-bond acceptors (Lipinski definition) is 7. The van der Waals surface area contributed by atoms with Crippen LogP contribution in [0.15, 0.2) is 54.6 Å². The molecule has 0 radical (unpaired) electrons. The molecule has 2 aliphatic rings. The fraction of sp³-hybridized carbons (Fsp3) is 0.303. The largest absolute Gasteiger partial charge is 0.495 e. The van der Waals surface area contributed by atoms with Gasteiger partial charge in [0, 0.05) is 67.7 Å². The summed E-state index contributed by atoms with van der Waals surface area (Å²) >= 11 is 13.0. The molecule has 10 heteroatoms. The van der Waals surface area contributed by atoms with Crippen LogP contribution in [0.25, 0.3) is 6.08 Å². The molecule has 2 heterocycles. The van der Waals surface area contributed by atoms with Crippen LogP contribution in [0.5, 0.6) is 11.5 Å². The molecule has 0 atom stereocenters. The van der Waals surface area contributed by atoms with E-state index in [-0.39, 0.29) is 27.3 Å². The lowest BCUT2D eigenvalue weighted by Gasteiger charge is -2.35. The third kappa shape index (κ3) is 6.42. The third-order valence-corrected chi connectivity index (χ3v) is 8.70. The van der Waals surface area contributed by atoms with Gasteiger partial charge in [0.2, 0.25) is 5.91 Å². The van der Waals surface area contributed by atoms with Crippen LogP contribution >= 0.6 is 23.2 Å². The van der Waals surface area contributed by atoms with Crippen LogP contribution in [-0.2, 0) is 17.6 Å². The summed E-state index contributed by atoms with van der Waals surface area (Å²) in [5.74, 6) is 0.0259. The number of hydrogen-bond donors (Lipinski definition) is 1. The minimum absolute atomic E-state index is 0.133. The monoisotopic (exact) mass is 620 g/mol. The Morgan fingerprint density at radius 1 is 1.02 bits per heavy atom. The van der Waals surface area contributed by atoms with Crippen molar-refractivity contribution in [2.75, 3.05) is 57.2 Å². The molecule has 224 valence electrons. The standard InChI is InChI=1S/C33H34Cl2N4O4/c1-5-29(40)37-26-18-24(39-13-11-38(6-2)12-14-39)10-8-21(26)16-23-9-7-20-15-22(17-25(20)36-23)33(41)30-31(34)27(42-3)19-28(43-4)32(30)35/h5,7-10,17-19H,1,6,11-16H2,2-4H3,(H,37,40). The van der Waals surface area contributed by atoms with Crippen LogP contribution in [0.1, 0.15) is 39.8 Å². The number of halogens is 2. The number of rotatable bonds is 10. The van der Waals surface area contributed by atoms with Gasteiger partial charge in [-0.05, 0) is 48.0 Å². The summed E-state index contributed by atoms with van der Waals surface area (Å²) in [4.78, 5) is 35.6. The van der Waals surface area contributed by atoms with Gasteiger partial charge in [-0.25, -0.2) is 0 Å². The number of aromatic nitrogens is 1. The normalized spacial score (nSPS) is 14.6. The number of ketones is 1. The molecule has 2 aromatic carbocycles. The maximum absolute atomic E-state index is 13.6. The number of piperazine rings is 1. The van der Waals surface area contributed by atoms with Gasteiger partial charge in [0.25, 0.3) is 0 Å². The van der Waals surface area contributed by atoms with Gasteiger partial charge in [-0.1, -0.05) is 48.8 Å². The number of nitrogens with one attached hydrogen (secondary N) is 1. The number of methoxy groups -OCH3 is 2. The Morgan fingerprint density at radius 3 is 2.35 bits per heavy atom. The number of Topliss-reactive ketones (excluding diaryl/α,β-unsaturated/α-hetero) is 1. The number of amides is 1. The fourth-order valence-corrected chi connectivity index (χ4v) is 6.14. The van der Waals surface area contributed by atoms with Crippen molar-refractivity contribution < 1.29 is 19.1 Å². The number of benzene rings is 2. The molecule has 5 rings (SSSR count). The highest BCUT2D eigenvalue weighted by Crippen LogP contribution is 2.42. The molecule has 1 aliphatic heterocycles. The Balaban J connectivity index is 1.40. The average molecular weight is 622 g/mol. The Kier molecular flexibility index (Phi) is 9.40. The summed E-state index contributed by atoms with van der Waals surface area (Å²) in [6.07, 6.45) is 3.93. The number of pyridine rings is 1. The van der Waals surface area contributed by atoms with Gasteiger partial charge >= 0.3 is 0 Å². The van der Waals surface area contributed by atoms with E-state index < -0.39 is 0 Å². The number of carbonyl (C=O) groups excluding carboxylic acids is 2. The van der Waals surface area contributed by atoms with Crippen molar-refractivity contribution in [3.05, 3.63) is 92.7 Å². The zero-order chi connectivity index (χ0) is 30.7. The molecule has 1 amide bonds. The Hall–Kier alpha value is -3.85. The molecule has 0 spiro atoms. The number of ether oxygens (including phenoxy) is 2. The molecule has 3 aromatic rings. The van der Waals surface area contributed by atoms with Crippen LogP contribution < -0.4 is 19.7 Å². The summed E-state index contributed by atoms with van der Waals surface area (Å²) < 4.78 is 10.7. The molecule has 43 heavy (non-hydrogen) atoms. The van der Waals surface area contributed by atoms with Crippen molar-refractivity contribution in [3.8, 4) is 11.5 Å². The highest BCUT2D eigenvalue weighted by molar-refractivity contribution is 6.43. The molecule has 0 saturated carbocycles. The van der Waals surface area contributed by atoms with Gasteiger partial charge in [0.05, 0.1) is 35.5 Å². The topological polar surface area (TPSA) is 84.0 Å². The van der Waals surface area contributed by atoms with Gasteiger partial charge in [-0.2, -0.15) is 0 Å². The first kappa shape index (κ1) is 30.6. The van der Waals surface area contributed by atoms with Crippen molar-refractivity contribution in [2.45, 2.75) is 19.8 Å². The number of fused-ring (bicyclic) bond motifs is 1. The number of carbonyl (C=O) groups is 2. The lowest BCUT2D eigenvalue weighted by molar-refractivity contribution is -0.111. The van der Waals surface area contributed by atoms with Crippen LogP contribution in [0, 0.1) is 0 Å². The lowest BCUT2D eigenvalue weighted by Crippen LogP contribution is -2.46. The summed E-state index contributed by atoms with van der Waals surface area (Å²) in [6, 6.07) is 11.6. The molecule has 8 nitrogen and oxygen atoms in total. The van der Waals surface area contributed by atoms with E-state index >= 15 is 0 Å². The van der Waals surface area contributed by atoms with Crippen molar-refractivity contribution in [1.82, 2.24) is 9.88 Å². The highest BCUT2D eigenvalue weighted by Gasteiger charge is 2.28. The van der Waals surface area contributed by atoms with E-state index in [1.54, 1.807) is 12.1 Å². The summed E-state index contributed by atoms with van der Waals surface area (Å²) in [5, 5.41) is 3.24. The lowest BCUT2D eigenvalue weighted by atomic mass is 10.0. The zero-order valence-corrected chi connectivity index (χ0v) is 26.0. The first-order chi connectivity index (χ1) is 20.8. The second kappa shape index (κ2) is 13.2. The quantitative estimate of drug-likeness (QED) is 0.217. The second-order valence-electron chi connectivity index (χ2n) is 10.4. The van der Waals surface area contributed by atoms with Crippen LogP contribution in [-0.4, -0.2) is 68.5 Å². The Labute approximate surface area is 261 Å². The molecule has 0 bridgehead atoms. The van der Waals surface area contributed by atoms with E-state index in [0.717, 1.165) is 60.9 Å². The molecule has 0 unspecified atom stereocenters. The third-order valence-electron chi connectivity index (χ3n) is 7.95. The molecule has 1 aliphatic carbocycles. The smallest absolute Gasteiger partial charge is 0.247 e. The maximum Gasteiger partial charge on any atom is 0.247 e. The second-order valence-corrected chi connectivity index (χ2v) is 11.2. The van der Waals surface area contributed by atoms with E-state index in [4.69, 9.17) is 37.7 Å². The van der Waals surface area contributed by atoms with Crippen LogP contribution in [0.2, 0.25) is 10.0 Å². The zero-order valence-electron chi connectivity index (χ0n) is 24.5.